The Morgan fingerprint density at radius 3 is 2.94 bits per heavy atom. The van der Waals surface area contributed by atoms with Crippen molar-refractivity contribution in [2.75, 3.05) is 13.1 Å². The van der Waals surface area contributed by atoms with E-state index < -0.39 is 12.0 Å². The maximum atomic E-state index is 11.8. The number of hydrogen-bond donors (Lipinski definition) is 4. The number of amides is 2. The van der Waals surface area contributed by atoms with E-state index in [9.17, 15) is 14.7 Å². The van der Waals surface area contributed by atoms with E-state index in [0.717, 1.165) is 18.5 Å². The Kier molecular flexibility index (Phi) is 3.17. The second-order valence-electron chi connectivity index (χ2n) is 4.70. The fourth-order valence-electron chi connectivity index (χ4n) is 2.55. The van der Waals surface area contributed by atoms with Gasteiger partial charge in [0.15, 0.2) is 0 Å². The molecule has 0 aromatic carbocycles. The molecule has 0 bridgehead atoms. The lowest BCUT2D eigenvalue weighted by molar-refractivity contribution is -0.127. The van der Waals surface area contributed by atoms with Crippen LogP contribution in [0.4, 0.5) is 0 Å². The Hall–Kier alpha value is -1.40. The number of aliphatic hydroxyl groups excluding tert-OH is 1. The van der Waals surface area contributed by atoms with Crippen molar-refractivity contribution in [2.45, 2.75) is 18.6 Å². The zero-order valence-corrected chi connectivity index (χ0v) is 9.48. The molecule has 1 saturated carbocycles. The highest BCUT2D eigenvalue weighted by Crippen LogP contribution is 2.44. The Labute approximate surface area is 99.2 Å². The second kappa shape index (κ2) is 4.46. The molecule has 0 aromatic rings. The summed E-state index contributed by atoms with van der Waals surface area (Å²) >= 11 is 0. The summed E-state index contributed by atoms with van der Waals surface area (Å²) in [6, 6.07) is -0.290. The van der Waals surface area contributed by atoms with Crippen LogP contribution < -0.4 is 16.4 Å². The molecule has 2 aliphatic rings. The third-order valence-electron chi connectivity index (χ3n) is 3.54. The Morgan fingerprint density at radius 1 is 1.65 bits per heavy atom. The molecule has 17 heavy (non-hydrogen) atoms. The van der Waals surface area contributed by atoms with Crippen LogP contribution in [-0.2, 0) is 9.59 Å². The van der Waals surface area contributed by atoms with Crippen LogP contribution in [0, 0.1) is 11.8 Å². The van der Waals surface area contributed by atoms with Crippen molar-refractivity contribution in [2.24, 2.45) is 17.6 Å². The maximum absolute atomic E-state index is 11.8. The van der Waals surface area contributed by atoms with Gasteiger partial charge in [0.25, 0.3) is 0 Å². The lowest BCUT2D eigenvalue weighted by atomic mass is 9.69. The number of nitrogens with two attached hydrogens (primary N) is 1. The summed E-state index contributed by atoms with van der Waals surface area (Å²) in [6.45, 7) is 4.59. The van der Waals surface area contributed by atoms with Gasteiger partial charge in [0.1, 0.15) is 6.10 Å². The van der Waals surface area contributed by atoms with Gasteiger partial charge in [0.05, 0.1) is 12.6 Å². The molecule has 4 atom stereocenters. The molecule has 4 unspecified atom stereocenters. The van der Waals surface area contributed by atoms with Crippen molar-refractivity contribution in [1.82, 2.24) is 10.6 Å². The highest BCUT2D eigenvalue weighted by Gasteiger charge is 2.47. The standard InChI is InChI=1S/C11H17N3O3/c1-5-2-6-3-13-9(8(5)6)11(17)14-4-7(15)10(12)16/h6-9,13,15H,1-4H2,(H2,12,16)(H,14,17). The SMILES string of the molecule is C=C1CC2CNC(C(=O)NCC(O)C(N)=O)C12. The lowest BCUT2D eigenvalue weighted by Gasteiger charge is -2.35. The first kappa shape index (κ1) is 12.1. The highest BCUT2D eigenvalue weighted by atomic mass is 16.3. The van der Waals surface area contributed by atoms with E-state index in [2.05, 4.69) is 17.2 Å². The summed E-state index contributed by atoms with van der Waals surface area (Å²) in [4.78, 5) is 22.4. The van der Waals surface area contributed by atoms with Crippen LogP contribution in [0.3, 0.4) is 0 Å². The molecule has 2 rings (SSSR count). The average molecular weight is 239 g/mol. The van der Waals surface area contributed by atoms with Crippen molar-refractivity contribution >= 4 is 11.8 Å². The highest BCUT2D eigenvalue weighted by molar-refractivity contribution is 5.85. The van der Waals surface area contributed by atoms with Crippen LogP contribution in [0.1, 0.15) is 6.42 Å². The molecule has 1 aliphatic carbocycles. The molecule has 1 saturated heterocycles. The first-order valence-corrected chi connectivity index (χ1v) is 5.67. The first-order valence-electron chi connectivity index (χ1n) is 5.67. The molecule has 0 spiro atoms. The van der Waals surface area contributed by atoms with Crippen LogP contribution >= 0.6 is 0 Å². The molecule has 2 fully saturated rings. The maximum Gasteiger partial charge on any atom is 0.248 e. The van der Waals surface area contributed by atoms with Crippen molar-refractivity contribution < 1.29 is 14.7 Å². The number of hydrogen-bond acceptors (Lipinski definition) is 4. The van der Waals surface area contributed by atoms with E-state index in [-0.39, 0.29) is 24.4 Å². The number of aliphatic hydroxyl groups is 1. The molecular formula is C11H17N3O3. The van der Waals surface area contributed by atoms with E-state index in [1.54, 1.807) is 0 Å². The van der Waals surface area contributed by atoms with Crippen LogP contribution in [0.15, 0.2) is 12.2 Å². The third-order valence-corrected chi connectivity index (χ3v) is 3.54. The van der Waals surface area contributed by atoms with Gasteiger partial charge >= 0.3 is 0 Å². The van der Waals surface area contributed by atoms with E-state index in [1.165, 1.54) is 0 Å². The molecule has 0 aromatic heterocycles. The van der Waals surface area contributed by atoms with Gasteiger partial charge in [0, 0.05) is 5.92 Å². The Balaban J connectivity index is 1.84. The minimum atomic E-state index is -1.33. The normalized spacial score (nSPS) is 32.5. The molecule has 5 N–H and O–H groups in total. The molecule has 0 radical (unpaired) electrons. The molecule has 1 heterocycles. The second-order valence-corrected chi connectivity index (χ2v) is 4.70. The van der Waals surface area contributed by atoms with Gasteiger partial charge in [-0.05, 0) is 18.9 Å². The molecule has 94 valence electrons. The number of carbonyl (C=O) groups is 2. The van der Waals surface area contributed by atoms with E-state index >= 15 is 0 Å². The van der Waals surface area contributed by atoms with Crippen LogP contribution in [-0.4, -0.2) is 42.2 Å². The van der Waals surface area contributed by atoms with E-state index in [0.29, 0.717) is 5.92 Å². The zero-order chi connectivity index (χ0) is 12.6. The zero-order valence-electron chi connectivity index (χ0n) is 9.48. The topological polar surface area (TPSA) is 104 Å². The van der Waals surface area contributed by atoms with E-state index in [1.807, 2.05) is 0 Å². The van der Waals surface area contributed by atoms with Gasteiger partial charge in [-0.2, -0.15) is 0 Å². The number of nitrogens with one attached hydrogen (secondary N) is 2. The van der Waals surface area contributed by atoms with Gasteiger partial charge in [-0.25, -0.2) is 0 Å². The van der Waals surface area contributed by atoms with Crippen LogP contribution in [0.5, 0.6) is 0 Å². The molecule has 2 amide bonds. The lowest BCUT2D eigenvalue weighted by Crippen LogP contribution is -2.49. The largest absolute Gasteiger partial charge is 0.381 e. The van der Waals surface area contributed by atoms with Crippen LogP contribution in [0.25, 0.3) is 0 Å². The molecule has 1 aliphatic heterocycles. The van der Waals surface area contributed by atoms with Gasteiger partial charge in [-0.1, -0.05) is 12.2 Å². The number of fused-ring (bicyclic) bond motifs is 1. The summed E-state index contributed by atoms with van der Waals surface area (Å²) in [6.07, 6.45) is -0.355. The average Bonchev–Trinajstić information content (AvgIpc) is 2.62. The predicted molar refractivity (Wildman–Crippen MR) is 60.7 cm³/mol. The minimum absolute atomic E-state index is 0.143. The smallest absolute Gasteiger partial charge is 0.248 e. The number of rotatable bonds is 4. The molecule has 6 heteroatoms. The molecule has 6 nitrogen and oxygen atoms in total. The first-order chi connectivity index (χ1) is 8.00. The summed E-state index contributed by atoms with van der Waals surface area (Å²) in [5.41, 5.74) is 5.98. The Bertz CT molecular complexity index is 369. The van der Waals surface area contributed by atoms with Gasteiger partial charge in [0.2, 0.25) is 11.8 Å². The van der Waals surface area contributed by atoms with Crippen molar-refractivity contribution in [3.8, 4) is 0 Å². The molecular weight excluding hydrogens is 222 g/mol. The van der Waals surface area contributed by atoms with E-state index in [4.69, 9.17) is 5.73 Å². The van der Waals surface area contributed by atoms with Crippen molar-refractivity contribution in [1.29, 1.82) is 0 Å². The number of primary amides is 1. The quantitative estimate of drug-likeness (QED) is 0.431. The minimum Gasteiger partial charge on any atom is -0.381 e. The van der Waals surface area contributed by atoms with Crippen molar-refractivity contribution in [3.63, 3.8) is 0 Å². The summed E-state index contributed by atoms with van der Waals surface area (Å²) in [5, 5.41) is 14.8. The van der Waals surface area contributed by atoms with Gasteiger partial charge in [-0.3, -0.25) is 9.59 Å². The van der Waals surface area contributed by atoms with Crippen LogP contribution in [0.2, 0.25) is 0 Å². The van der Waals surface area contributed by atoms with Crippen molar-refractivity contribution in [3.05, 3.63) is 12.2 Å². The fourth-order valence-corrected chi connectivity index (χ4v) is 2.55. The third kappa shape index (κ3) is 2.18. The van der Waals surface area contributed by atoms with Gasteiger partial charge < -0.3 is 21.5 Å². The monoisotopic (exact) mass is 239 g/mol. The fraction of sp³-hybridized carbons (Fsp3) is 0.636. The Morgan fingerprint density at radius 2 is 2.35 bits per heavy atom. The van der Waals surface area contributed by atoms with Gasteiger partial charge in [-0.15, -0.1) is 0 Å². The summed E-state index contributed by atoms with van der Waals surface area (Å²) in [5.74, 6) is -0.353. The summed E-state index contributed by atoms with van der Waals surface area (Å²) in [7, 11) is 0. The summed E-state index contributed by atoms with van der Waals surface area (Å²) < 4.78 is 0. The number of carbonyl (C=O) groups excluding carboxylic acids is 2. The predicted octanol–water partition coefficient (Wildman–Crippen LogP) is -1.89.